The monoisotopic (exact) mass is 152 g/mol. The van der Waals surface area contributed by atoms with Crippen molar-refractivity contribution in [2.75, 3.05) is 0 Å². The van der Waals surface area contributed by atoms with Crippen molar-refractivity contribution < 1.29 is 0 Å². The minimum absolute atomic E-state index is 1.03. The van der Waals surface area contributed by atoms with Gasteiger partial charge in [0.05, 0.1) is 0 Å². The van der Waals surface area contributed by atoms with Gasteiger partial charge in [0.1, 0.15) is 0 Å². The highest BCUT2D eigenvalue weighted by molar-refractivity contribution is 4.97. The van der Waals surface area contributed by atoms with E-state index in [0.717, 1.165) is 11.8 Å². The van der Waals surface area contributed by atoms with Crippen LogP contribution in [-0.2, 0) is 0 Å². The fraction of sp³-hybridized carbons (Fsp3) is 1.00. The zero-order valence-electron chi connectivity index (χ0n) is 7.84. The van der Waals surface area contributed by atoms with Crippen molar-refractivity contribution in [3.63, 3.8) is 0 Å². The summed E-state index contributed by atoms with van der Waals surface area (Å²) in [5, 5.41) is 0. The van der Waals surface area contributed by atoms with E-state index in [1.54, 1.807) is 19.3 Å². The van der Waals surface area contributed by atoms with E-state index in [2.05, 4.69) is 13.8 Å². The van der Waals surface area contributed by atoms with E-state index >= 15 is 0 Å². The van der Waals surface area contributed by atoms with Crippen LogP contribution in [0.3, 0.4) is 0 Å². The molecule has 0 aromatic rings. The van der Waals surface area contributed by atoms with Crippen LogP contribution in [0.5, 0.6) is 0 Å². The fourth-order valence-corrected chi connectivity index (χ4v) is 3.10. The number of hydrogen-bond donors (Lipinski definition) is 0. The summed E-state index contributed by atoms with van der Waals surface area (Å²) in [6.45, 7) is 4.77. The SMILES string of the molecule is CCCC(C)C1CC2CCC21. The van der Waals surface area contributed by atoms with Gasteiger partial charge >= 0.3 is 0 Å². The Morgan fingerprint density at radius 1 is 1.36 bits per heavy atom. The van der Waals surface area contributed by atoms with Crippen LogP contribution in [0, 0.1) is 23.7 Å². The van der Waals surface area contributed by atoms with Crippen molar-refractivity contribution in [1.29, 1.82) is 0 Å². The van der Waals surface area contributed by atoms with Gasteiger partial charge in [0.2, 0.25) is 0 Å². The molecule has 0 aromatic heterocycles. The Balaban J connectivity index is 1.78. The van der Waals surface area contributed by atoms with Gasteiger partial charge in [0.15, 0.2) is 0 Å². The lowest BCUT2D eigenvalue weighted by molar-refractivity contribution is -0.0559. The van der Waals surface area contributed by atoms with Crippen LogP contribution in [0.4, 0.5) is 0 Å². The second-order valence-corrected chi connectivity index (χ2v) is 4.67. The number of fused-ring (bicyclic) bond motifs is 1. The summed E-state index contributed by atoms with van der Waals surface area (Å²) in [6, 6.07) is 0. The lowest BCUT2D eigenvalue weighted by atomic mass is 9.50. The Hall–Kier alpha value is 0. The molecule has 4 unspecified atom stereocenters. The highest BCUT2D eigenvalue weighted by Crippen LogP contribution is 2.57. The summed E-state index contributed by atoms with van der Waals surface area (Å²) in [6.07, 6.45) is 7.54. The van der Waals surface area contributed by atoms with Crippen molar-refractivity contribution >= 4 is 0 Å². The van der Waals surface area contributed by atoms with Crippen molar-refractivity contribution in [3.8, 4) is 0 Å². The van der Waals surface area contributed by atoms with E-state index in [0.29, 0.717) is 0 Å². The molecule has 2 saturated carbocycles. The maximum atomic E-state index is 2.46. The van der Waals surface area contributed by atoms with Gasteiger partial charge in [-0.2, -0.15) is 0 Å². The first-order valence-electron chi connectivity index (χ1n) is 5.33. The lowest BCUT2D eigenvalue weighted by Gasteiger charge is -2.55. The summed E-state index contributed by atoms with van der Waals surface area (Å²) in [4.78, 5) is 0. The predicted octanol–water partition coefficient (Wildman–Crippen LogP) is 3.47. The normalized spacial score (nSPS) is 43.6. The number of hydrogen-bond acceptors (Lipinski definition) is 0. The van der Waals surface area contributed by atoms with Crippen molar-refractivity contribution in [2.45, 2.75) is 46.0 Å². The first-order valence-corrected chi connectivity index (χ1v) is 5.33. The Morgan fingerprint density at radius 2 is 2.18 bits per heavy atom. The summed E-state index contributed by atoms with van der Waals surface area (Å²) in [5.41, 5.74) is 0. The molecular formula is C11H20. The van der Waals surface area contributed by atoms with Crippen molar-refractivity contribution in [1.82, 2.24) is 0 Å². The van der Waals surface area contributed by atoms with Crippen LogP contribution in [0.1, 0.15) is 46.0 Å². The molecule has 2 rings (SSSR count). The van der Waals surface area contributed by atoms with E-state index in [1.165, 1.54) is 24.7 Å². The quantitative estimate of drug-likeness (QED) is 0.581. The largest absolute Gasteiger partial charge is 0.0654 e. The fourth-order valence-electron chi connectivity index (χ4n) is 3.10. The molecule has 2 fully saturated rings. The van der Waals surface area contributed by atoms with Crippen LogP contribution in [-0.4, -0.2) is 0 Å². The van der Waals surface area contributed by atoms with Crippen molar-refractivity contribution in [2.24, 2.45) is 23.7 Å². The Morgan fingerprint density at radius 3 is 2.55 bits per heavy atom. The van der Waals surface area contributed by atoms with Crippen molar-refractivity contribution in [3.05, 3.63) is 0 Å². The molecule has 0 aliphatic heterocycles. The second kappa shape index (κ2) is 2.80. The smallest absolute Gasteiger partial charge is 0.0355 e. The van der Waals surface area contributed by atoms with Gasteiger partial charge < -0.3 is 0 Å². The van der Waals surface area contributed by atoms with E-state index in [1.807, 2.05) is 0 Å². The van der Waals surface area contributed by atoms with Gasteiger partial charge in [-0.15, -0.1) is 0 Å². The third-order valence-electron chi connectivity index (χ3n) is 4.08. The molecule has 2 aliphatic carbocycles. The third kappa shape index (κ3) is 1.11. The van der Waals surface area contributed by atoms with Crippen LogP contribution >= 0.6 is 0 Å². The summed E-state index contributed by atoms with van der Waals surface area (Å²) in [5.74, 6) is 4.52. The van der Waals surface area contributed by atoms with Crippen LogP contribution in [0.2, 0.25) is 0 Å². The maximum Gasteiger partial charge on any atom is -0.0355 e. The molecule has 0 saturated heterocycles. The minimum Gasteiger partial charge on any atom is -0.0654 e. The van der Waals surface area contributed by atoms with Gasteiger partial charge in [-0.1, -0.05) is 26.7 Å². The molecule has 0 spiro atoms. The molecule has 2 aliphatic rings. The molecule has 0 aromatic carbocycles. The summed E-state index contributed by atoms with van der Waals surface area (Å²) < 4.78 is 0. The topological polar surface area (TPSA) is 0 Å². The van der Waals surface area contributed by atoms with Gasteiger partial charge in [-0.3, -0.25) is 0 Å². The molecule has 64 valence electrons. The molecule has 4 atom stereocenters. The van der Waals surface area contributed by atoms with Crippen LogP contribution < -0.4 is 0 Å². The zero-order chi connectivity index (χ0) is 7.84. The third-order valence-corrected chi connectivity index (χ3v) is 4.08. The molecule has 0 amide bonds. The van der Waals surface area contributed by atoms with Gasteiger partial charge in [0.25, 0.3) is 0 Å². The minimum atomic E-state index is 1.03. The highest BCUT2D eigenvalue weighted by Gasteiger charge is 2.48. The van der Waals surface area contributed by atoms with Crippen LogP contribution in [0.15, 0.2) is 0 Å². The lowest BCUT2D eigenvalue weighted by Crippen LogP contribution is -2.47. The summed E-state index contributed by atoms with van der Waals surface area (Å²) in [7, 11) is 0. The zero-order valence-corrected chi connectivity index (χ0v) is 7.84. The molecule has 0 bridgehead atoms. The Labute approximate surface area is 70.4 Å². The maximum absolute atomic E-state index is 2.46. The van der Waals surface area contributed by atoms with Gasteiger partial charge in [-0.05, 0) is 42.9 Å². The molecule has 0 nitrogen and oxygen atoms in total. The average Bonchev–Trinajstić information content (AvgIpc) is 1.95. The molecule has 0 radical (unpaired) electrons. The molecule has 0 heterocycles. The Bertz CT molecular complexity index is 139. The van der Waals surface area contributed by atoms with Gasteiger partial charge in [0, 0.05) is 0 Å². The van der Waals surface area contributed by atoms with E-state index < -0.39 is 0 Å². The highest BCUT2D eigenvalue weighted by atomic mass is 14.5. The van der Waals surface area contributed by atoms with Crippen LogP contribution in [0.25, 0.3) is 0 Å². The molecule has 0 heteroatoms. The first kappa shape index (κ1) is 7.64. The van der Waals surface area contributed by atoms with E-state index in [9.17, 15) is 0 Å². The Kier molecular flexibility index (Phi) is 1.95. The molecule has 11 heavy (non-hydrogen) atoms. The molecular weight excluding hydrogens is 132 g/mol. The van der Waals surface area contributed by atoms with Gasteiger partial charge in [-0.25, -0.2) is 0 Å². The number of rotatable bonds is 3. The second-order valence-electron chi connectivity index (χ2n) is 4.67. The predicted molar refractivity (Wildman–Crippen MR) is 48.4 cm³/mol. The molecule has 0 N–H and O–H groups in total. The first-order chi connectivity index (χ1) is 5.33. The standard InChI is InChI=1S/C11H20/c1-3-4-8(2)11-7-9-5-6-10(9)11/h8-11H,3-7H2,1-2H3. The van der Waals surface area contributed by atoms with E-state index in [4.69, 9.17) is 0 Å². The van der Waals surface area contributed by atoms with E-state index in [-0.39, 0.29) is 0 Å². The summed E-state index contributed by atoms with van der Waals surface area (Å²) >= 11 is 0. The average molecular weight is 152 g/mol.